The SMILES string of the molecule is CCOc1cccc(C=O)c1OCc1nc(C)no1. The maximum atomic E-state index is 11.0. The van der Waals surface area contributed by atoms with E-state index in [2.05, 4.69) is 10.1 Å². The lowest BCUT2D eigenvalue weighted by Crippen LogP contribution is -2.02. The van der Waals surface area contributed by atoms with Gasteiger partial charge in [-0.3, -0.25) is 4.79 Å². The van der Waals surface area contributed by atoms with Crippen molar-refractivity contribution in [1.29, 1.82) is 0 Å². The first-order chi connectivity index (χ1) is 9.24. The largest absolute Gasteiger partial charge is 0.490 e. The van der Waals surface area contributed by atoms with Crippen LogP contribution in [0.5, 0.6) is 11.5 Å². The Morgan fingerprint density at radius 1 is 1.37 bits per heavy atom. The number of aldehydes is 1. The summed E-state index contributed by atoms with van der Waals surface area (Å²) < 4.78 is 15.9. The Hall–Kier alpha value is -2.37. The van der Waals surface area contributed by atoms with Crippen molar-refractivity contribution in [3.63, 3.8) is 0 Å². The first kappa shape index (κ1) is 13.1. The number of nitrogens with zero attached hydrogens (tertiary/aromatic N) is 2. The summed E-state index contributed by atoms with van der Waals surface area (Å²) in [4.78, 5) is 15.0. The van der Waals surface area contributed by atoms with Crippen LogP contribution in [0.1, 0.15) is 29.0 Å². The third-order valence-electron chi connectivity index (χ3n) is 2.35. The maximum Gasteiger partial charge on any atom is 0.264 e. The fourth-order valence-electron chi connectivity index (χ4n) is 1.58. The molecule has 1 heterocycles. The third kappa shape index (κ3) is 3.09. The van der Waals surface area contributed by atoms with Crippen LogP contribution in [0, 0.1) is 6.92 Å². The minimum Gasteiger partial charge on any atom is -0.490 e. The van der Waals surface area contributed by atoms with E-state index in [0.717, 1.165) is 6.29 Å². The second kappa shape index (κ2) is 5.99. The molecule has 0 atom stereocenters. The summed E-state index contributed by atoms with van der Waals surface area (Å²) in [6, 6.07) is 5.13. The van der Waals surface area contributed by atoms with Crippen LogP contribution in [-0.2, 0) is 6.61 Å². The summed E-state index contributed by atoms with van der Waals surface area (Å²) in [5, 5.41) is 3.66. The summed E-state index contributed by atoms with van der Waals surface area (Å²) in [6.07, 6.45) is 0.719. The molecular formula is C13H14N2O4. The minimum atomic E-state index is 0.0891. The Morgan fingerprint density at radius 3 is 2.84 bits per heavy atom. The highest BCUT2D eigenvalue weighted by Crippen LogP contribution is 2.30. The number of hydrogen-bond donors (Lipinski definition) is 0. The Labute approximate surface area is 110 Å². The van der Waals surface area contributed by atoms with Gasteiger partial charge in [0.1, 0.15) is 0 Å². The van der Waals surface area contributed by atoms with E-state index in [0.29, 0.717) is 35.4 Å². The average molecular weight is 262 g/mol. The molecule has 100 valence electrons. The van der Waals surface area contributed by atoms with Crippen molar-refractivity contribution in [3.8, 4) is 11.5 Å². The first-order valence-corrected chi connectivity index (χ1v) is 5.87. The topological polar surface area (TPSA) is 74.5 Å². The molecule has 1 aromatic carbocycles. The molecule has 0 fully saturated rings. The van der Waals surface area contributed by atoms with E-state index >= 15 is 0 Å². The molecule has 0 amide bonds. The Bertz CT molecular complexity index is 566. The monoisotopic (exact) mass is 262 g/mol. The second-order valence-electron chi connectivity index (χ2n) is 3.75. The van der Waals surface area contributed by atoms with Gasteiger partial charge in [-0.25, -0.2) is 0 Å². The molecule has 19 heavy (non-hydrogen) atoms. The third-order valence-corrected chi connectivity index (χ3v) is 2.35. The summed E-state index contributed by atoms with van der Waals surface area (Å²) in [7, 11) is 0. The molecule has 0 radical (unpaired) electrons. The molecule has 0 unspecified atom stereocenters. The molecule has 1 aromatic heterocycles. The van der Waals surface area contributed by atoms with E-state index in [-0.39, 0.29) is 6.61 Å². The lowest BCUT2D eigenvalue weighted by atomic mass is 10.2. The zero-order valence-corrected chi connectivity index (χ0v) is 10.8. The molecular weight excluding hydrogens is 248 g/mol. The number of aryl methyl sites for hydroxylation is 1. The van der Waals surface area contributed by atoms with Crippen molar-refractivity contribution in [2.75, 3.05) is 6.61 Å². The Morgan fingerprint density at radius 2 is 2.21 bits per heavy atom. The number of carbonyl (C=O) groups excluding carboxylic acids is 1. The van der Waals surface area contributed by atoms with Gasteiger partial charge in [0, 0.05) is 0 Å². The number of rotatable bonds is 6. The molecule has 0 N–H and O–H groups in total. The van der Waals surface area contributed by atoms with Gasteiger partial charge in [0.05, 0.1) is 12.2 Å². The van der Waals surface area contributed by atoms with Crippen LogP contribution in [0.15, 0.2) is 22.7 Å². The smallest absolute Gasteiger partial charge is 0.264 e. The van der Waals surface area contributed by atoms with Crippen molar-refractivity contribution in [1.82, 2.24) is 10.1 Å². The summed E-state index contributed by atoms with van der Waals surface area (Å²) >= 11 is 0. The van der Waals surface area contributed by atoms with Crippen molar-refractivity contribution < 1.29 is 18.8 Å². The van der Waals surface area contributed by atoms with E-state index < -0.39 is 0 Å². The molecule has 2 rings (SSSR count). The van der Waals surface area contributed by atoms with Crippen LogP contribution in [0.3, 0.4) is 0 Å². The molecule has 6 nitrogen and oxygen atoms in total. The minimum absolute atomic E-state index is 0.0891. The Kier molecular flexibility index (Phi) is 4.12. The molecule has 0 aliphatic carbocycles. The summed E-state index contributed by atoms with van der Waals surface area (Å²) in [6.45, 7) is 4.15. The van der Waals surface area contributed by atoms with E-state index in [9.17, 15) is 4.79 Å². The maximum absolute atomic E-state index is 11.0. The first-order valence-electron chi connectivity index (χ1n) is 5.87. The van der Waals surface area contributed by atoms with Crippen molar-refractivity contribution in [3.05, 3.63) is 35.5 Å². The van der Waals surface area contributed by atoms with Crippen LogP contribution in [0.2, 0.25) is 0 Å². The predicted molar refractivity (Wildman–Crippen MR) is 66.4 cm³/mol. The molecule has 6 heteroatoms. The number of hydrogen-bond acceptors (Lipinski definition) is 6. The zero-order chi connectivity index (χ0) is 13.7. The number of aromatic nitrogens is 2. The van der Waals surface area contributed by atoms with Gasteiger partial charge in [0.2, 0.25) is 0 Å². The normalized spacial score (nSPS) is 10.2. The molecule has 0 spiro atoms. The van der Waals surface area contributed by atoms with Gasteiger partial charge in [-0.1, -0.05) is 11.2 Å². The molecule has 0 saturated carbocycles. The van der Waals surface area contributed by atoms with E-state index in [1.165, 1.54) is 0 Å². The molecule has 0 bridgehead atoms. The number of para-hydroxylation sites is 1. The van der Waals surface area contributed by atoms with E-state index in [1.54, 1.807) is 25.1 Å². The predicted octanol–water partition coefficient (Wildman–Crippen LogP) is 2.17. The standard InChI is InChI=1S/C13H14N2O4/c1-3-17-11-6-4-5-10(7-16)13(11)18-8-12-14-9(2)15-19-12/h4-7H,3,8H2,1-2H3. The highest BCUT2D eigenvalue weighted by molar-refractivity contribution is 5.81. The van der Waals surface area contributed by atoms with Crippen molar-refractivity contribution in [2.45, 2.75) is 20.5 Å². The average Bonchev–Trinajstić information content (AvgIpc) is 2.83. The molecule has 0 saturated heterocycles. The van der Waals surface area contributed by atoms with E-state index in [1.807, 2.05) is 6.92 Å². The van der Waals surface area contributed by atoms with Crippen molar-refractivity contribution in [2.24, 2.45) is 0 Å². The molecule has 0 aliphatic heterocycles. The zero-order valence-electron chi connectivity index (χ0n) is 10.8. The van der Waals surface area contributed by atoms with Crippen LogP contribution < -0.4 is 9.47 Å². The lowest BCUT2D eigenvalue weighted by molar-refractivity contribution is 0.111. The van der Waals surface area contributed by atoms with Gasteiger partial charge < -0.3 is 14.0 Å². The van der Waals surface area contributed by atoms with Gasteiger partial charge in [-0.2, -0.15) is 4.98 Å². The fraction of sp³-hybridized carbons (Fsp3) is 0.308. The number of benzene rings is 1. The van der Waals surface area contributed by atoms with Crippen LogP contribution in [0.25, 0.3) is 0 Å². The highest BCUT2D eigenvalue weighted by Gasteiger charge is 2.12. The van der Waals surface area contributed by atoms with Crippen LogP contribution in [0.4, 0.5) is 0 Å². The second-order valence-corrected chi connectivity index (χ2v) is 3.75. The Balaban J connectivity index is 2.19. The summed E-state index contributed by atoms with van der Waals surface area (Å²) in [5.41, 5.74) is 0.419. The van der Waals surface area contributed by atoms with Gasteiger partial charge in [0.15, 0.2) is 30.2 Å². The van der Waals surface area contributed by atoms with Crippen LogP contribution >= 0.6 is 0 Å². The van der Waals surface area contributed by atoms with Crippen molar-refractivity contribution >= 4 is 6.29 Å². The quantitative estimate of drug-likeness (QED) is 0.743. The lowest BCUT2D eigenvalue weighted by Gasteiger charge is -2.12. The van der Waals surface area contributed by atoms with Gasteiger partial charge in [-0.05, 0) is 26.0 Å². The number of carbonyl (C=O) groups is 1. The fourth-order valence-corrected chi connectivity index (χ4v) is 1.58. The highest BCUT2D eigenvalue weighted by atomic mass is 16.5. The van der Waals surface area contributed by atoms with E-state index in [4.69, 9.17) is 14.0 Å². The van der Waals surface area contributed by atoms with Gasteiger partial charge in [-0.15, -0.1) is 0 Å². The number of ether oxygens (including phenoxy) is 2. The van der Waals surface area contributed by atoms with Crippen LogP contribution in [-0.4, -0.2) is 23.0 Å². The molecule has 0 aliphatic rings. The molecule has 2 aromatic rings. The van der Waals surface area contributed by atoms with Gasteiger partial charge in [0.25, 0.3) is 5.89 Å². The summed E-state index contributed by atoms with van der Waals surface area (Å²) in [5.74, 6) is 1.78. The van der Waals surface area contributed by atoms with Gasteiger partial charge >= 0.3 is 0 Å².